The maximum absolute atomic E-state index is 12.1. The maximum Gasteiger partial charge on any atom is 0.308 e. The van der Waals surface area contributed by atoms with E-state index in [1.54, 1.807) is 12.1 Å². The van der Waals surface area contributed by atoms with Crippen LogP contribution in [0.15, 0.2) is 18.3 Å². The van der Waals surface area contributed by atoms with Crippen LogP contribution in [0, 0.1) is 5.92 Å². The van der Waals surface area contributed by atoms with E-state index in [1.807, 2.05) is 20.8 Å². The summed E-state index contributed by atoms with van der Waals surface area (Å²) in [5.74, 6) is -1.38. The second kappa shape index (κ2) is 9.02. The standard InChI is InChI=1S/C16H24N2O4/c1-4-6-13(16(20)21)10-18-15(19)12-7-8-17-14(9-12)22-11(3)5-2/h7-9,11,13H,4-6,10H2,1-3H3,(H,18,19)(H,20,21). The van der Waals surface area contributed by atoms with Gasteiger partial charge in [-0.3, -0.25) is 9.59 Å². The topological polar surface area (TPSA) is 88.5 Å². The fourth-order valence-corrected chi connectivity index (χ4v) is 1.88. The highest BCUT2D eigenvalue weighted by Gasteiger charge is 2.18. The van der Waals surface area contributed by atoms with Gasteiger partial charge in [0, 0.05) is 24.4 Å². The molecule has 0 radical (unpaired) electrons. The van der Waals surface area contributed by atoms with Crippen LogP contribution in [0.25, 0.3) is 0 Å². The van der Waals surface area contributed by atoms with Crippen molar-refractivity contribution in [2.45, 2.75) is 46.1 Å². The van der Waals surface area contributed by atoms with Crippen LogP contribution in [0.5, 0.6) is 5.88 Å². The highest BCUT2D eigenvalue weighted by Crippen LogP contribution is 2.13. The fourth-order valence-electron chi connectivity index (χ4n) is 1.88. The normalized spacial score (nSPS) is 13.2. The smallest absolute Gasteiger partial charge is 0.308 e. The van der Waals surface area contributed by atoms with E-state index in [0.29, 0.717) is 17.9 Å². The molecule has 2 unspecified atom stereocenters. The van der Waals surface area contributed by atoms with Crippen LogP contribution in [-0.2, 0) is 4.79 Å². The Kier molecular flexibility index (Phi) is 7.36. The summed E-state index contributed by atoms with van der Waals surface area (Å²) >= 11 is 0. The number of carbonyl (C=O) groups is 2. The molecule has 22 heavy (non-hydrogen) atoms. The number of nitrogens with one attached hydrogen (secondary N) is 1. The average Bonchev–Trinajstić information content (AvgIpc) is 2.50. The van der Waals surface area contributed by atoms with Gasteiger partial charge >= 0.3 is 5.97 Å². The Morgan fingerprint density at radius 2 is 2.14 bits per heavy atom. The molecule has 1 aromatic heterocycles. The molecule has 6 heteroatoms. The number of carbonyl (C=O) groups excluding carboxylic acids is 1. The summed E-state index contributed by atoms with van der Waals surface area (Å²) in [7, 11) is 0. The Morgan fingerprint density at radius 1 is 1.41 bits per heavy atom. The van der Waals surface area contributed by atoms with Gasteiger partial charge in [0.05, 0.1) is 12.0 Å². The van der Waals surface area contributed by atoms with Gasteiger partial charge in [-0.2, -0.15) is 0 Å². The first-order valence-electron chi connectivity index (χ1n) is 7.61. The number of aliphatic carboxylic acids is 1. The van der Waals surface area contributed by atoms with Gasteiger partial charge in [0.2, 0.25) is 5.88 Å². The molecule has 0 aromatic carbocycles. The number of hydrogen-bond acceptors (Lipinski definition) is 4. The largest absolute Gasteiger partial charge is 0.481 e. The molecule has 0 saturated heterocycles. The van der Waals surface area contributed by atoms with Gasteiger partial charge in [-0.15, -0.1) is 0 Å². The Hall–Kier alpha value is -2.11. The molecule has 0 bridgehead atoms. The second-order valence-corrected chi connectivity index (χ2v) is 5.25. The van der Waals surface area contributed by atoms with Gasteiger partial charge < -0.3 is 15.2 Å². The van der Waals surface area contributed by atoms with E-state index < -0.39 is 11.9 Å². The summed E-state index contributed by atoms with van der Waals surface area (Å²) in [6.07, 6.45) is 3.67. The molecule has 1 amide bonds. The molecule has 1 rings (SSSR count). The van der Waals surface area contributed by atoms with Crippen molar-refractivity contribution in [2.24, 2.45) is 5.92 Å². The zero-order valence-corrected chi connectivity index (χ0v) is 13.3. The molecular weight excluding hydrogens is 284 g/mol. The van der Waals surface area contributed by atoms with Gasteiger partial charge in [0.1, 0.15) is 0 Å². The van der Waals surface area contributed by atoms with Crippen molar-refractivity contribution < 1.29 is 19.4 Å². The Bertz CT molecular complexity index is 505. The fraction of sp³-hybridized carbons (Fsp3) is 0.562. The van der Waals surface area contributed by atoms with Crippen molar-refractivity contribution >= 4 is 11.9 Å². The number of hydrogen-bond donors (Lipinski definition) is 2. The third-order valence-electron chi connectivity index (χ3n) is 3.39. The van der Waals surface area contributed by atoms with Crippen molar-refractivity contribution in [1.82, 2.24) is 10.3 Å². The molecule has 122 valence electrons. The van der Waals surface area contributed by atoms with E-state index >= 15 is 0 Å². The zero-order valence-electron chi connectivity index (χ0n) is 13.3. The number of ether oxygens (including phenoxy) is 1. The molecular formula is C16H24N2O4. The zero-order chi connectivity index (χ0) is 16.5. The molecule has 0 saturated carbocycles. The number of pyridine rings is 1. The molecule has 1 heterocycles. The second-order valence-electron chi connectivity index (χ2n) is 5.25. The molecule has 0 aliphatic heterocycles. The Morgan fingerprint density at radius 3 is 2.73 bits per heavy atom. The Labute approximate surface area is 130 Å². The molecule has 0 fully saturated rings. The van der Waals surface area contributed by atoms with Crippen molar-refractivity contribution in [3.8, 4) is 5.88 Å². The maximum atomic E-state index is 12.1. The van der Waals surface area contributed by atoms with Crippen LogP contribution in [0.3, 0.4) is 0 Å². The van der Waals surface area contributed by atoms with Gasteiger partial charge in [0.15, 0.2) is 0 Å². The van der Waals surface area contributed by atoms with Gasteiger partial charge in [-0.25, -0.2) is 4.98 Å². The minimum atomic E-state index is -0.891. The summed E-state index contributed by atoms with van der Waals surface area (Å²) in [5.41, 5.74) is 0.411. The van der Waals surface area contributed by atoms with Gasteiger partial charge in [-0.1, -0.05) is 20.3 Å². The summed E-state index contributed by atoms with van der Waals surface area (Å²) in [6.45, 7) is 5.96. The van der Waals surface area contributed by atoms with Crippen LogP contribution in [-0.4, -0.2) is 34.6 Å². The SMILES string of the molecule is CCCC(CNC(=O)c1ccnc(OC(C)CC)c1)C(=O)O. The molecule has 2 N–H and O–H groups in total. The van der Waals surface area contributed by atoms with Gasteiger partial charge in [0.25, 0.3) is 5.91 Å². The monoisotopic (exact) mass is 308 g/mol. The molecule has 0 aliphatic carbocycles. The molecule has 2 atom stereocenters. The first-order chi connectivity index (χ1) is 10.5. The van der Waals surface area contributed by atoms with Crippen molar-refractivity contribution in [1.29, 1.82) is 0 Å². The quantitative estimate of drug-likeness (QED) is 0.731. The lowest BCUT2D eigenvalue weighted by molar-refractivity contribution is -0.141. The lowest BCUT2D eigenvalue weighted by Gasteiger charge is -2.14. The lowest BCUT2D eigenvalue weighted by Crippen LogP contribution is -2.33. The van der Waals surface area contributed by atoms with Crippen LogP contribution in [0.4, 0.5) is 0 Å². The van der Waals surface area contributed by atoms with E-state index in [-0.39, 0.29) is 18.6 Å². The third kappa shape index (κ3) is 5.71. The van der Waals surface area contributed by atoms with Crippen LogP contribution >= 0.6 is 0 Å². The predicted molar refractivity (Wildman–Crippen MR) is 83.0 cm³/mol. The number of carboxylic acid groups (broad SMARTS) is 1. The number of aromatic nitrogens is 1. The minimum Gasteiger partial charge on any atom is -0.481 e. The number of amides is 1. The van der Waals surface area contributed by atoms with Gasteiger partial charge in [-0.05, 0) is 25.8 Å². The first kappa shape index (κ1) is 17.9. The van der Waals surface area contributed by atoms with Crippen LogP contribution in [0.1, 0.15) is 50.4 Å². The molecule has 1 aromatic rings. The highest BCUT2D eigenvalue weighted by atomic mass is 16.5. The van der Waals surface area contributed by atoms with Crippen LogP contribution in [0.2, 0.25) is 0 Å². The highest BCUT2D eigenvalue weighted by molar-refractivity contribution is 5.94. The molecule has 0 aliphatic rings. The summed E-state index contributed by atoms with van der Waals surface area (Å²) in [4.78, 5) is 27.2. The summed E-state index contributed by atoms with van der Waals surface area (Å²) in [5, 5.41) is 11.7. The summed E-state index contributed by atoms with van der Waals surface area (Å²) < 4.78 is 5.57. The average molecular weight is 308 g/mol. The van der Waals surface area contributed by atoms with Crippen LogP contribution < -0.4 is 10.1 Å². The number of carboxylic acids is 1. The predicted octanol–water partition coefficient (Wildman–Crippen LogP) is 2.49. The molecule has 0 spiro atoms. The Balaban J connectivity index is 2.65. The first-order valence-corrected chi connectivity index (χ1v) is 7.61. The van der Waals surface area contributed by atoms with Crippen molar-refractivity contribution in [3.05, 3.63) is 23.9 Å². The molecule has 6 nitrogen and oxygen atoms in total. The van der Waals surface area contributed by atoms with E-state index in [0.717, 1.165) is 12.8 Å². The van der Waals surface area contributed by atoms with E-state index in [9.17, 15) is 9.59 Å². The minimum absolute atomic E-state index is 0.0201. The van der Waals surface area contributed by atoms with E-state index in [4.69, 9.17) is 9.84 Å². The number of rotatable bonds is 9. The third-order valence-corrected chi connectivity index (χ3v) is 3.39. The van der Waals surface area contributed by atoms with E-state index in [1.165, 1.54) is 6.20 Å². The van der Waals surface area contributed by atoms with Crippen molar-refractivity contribution in [2.75, 3.05) is 6.54 Å². The van der Waals surface area contributed by atoms with E-state index in [2.05, 4.69) is 10.3 Å². The number of nitrogens with zero attached hydrogens (tertiary/aromatic N) is 1. The van der Waals surface area contributed by atoms with Crippen molar-refractivity contribution in [3.63, 3.8) is 0 Å². The summed E-state index contributed by atoms with van der Waals surface area (Å²) in [6, 6.07) is 3.14. The lowest BCUT2D eigenvalue weighted by atomic mass is 10.0.